The summed E-state index contributed by atoms with van der Waals surface area (Å²) in [6.45, 7) is 11.1. The number of furan rings is 1. The van der Waals surface area contributed by atoms with Crippen molar-refractivity contribution < 1.29 is 9.21 Å². The van der Waals surface area contributed by atoms with Crippen molar-refractivity contribution in [2.75, 3.05) is 39.3 Å². The summed E-state index contributed by atoms with van der Waals surface area (Å²) < 4.78 is 5.57. The number of piperazine rings is 1. The van der Waals surface area contributed by atoms with Gasteiger partial charge in [0.05, 0.1) is 5.56 Å². The average Bonchev–Trinajstić information content (AvgIpc) is 2.72. The van der Waals surface area contributed by atoms with E-state index in [0.717, 1.165) is 74.8 Å². The maximum Gasteiger partial charge on any atom is 0.257 e. The van der Waals surface area contributed by atoms with E-state index < -0.39 is 0 Å². The molecule has 0 bridgehead atoms. The van der Waals surface area contributed by atoms with Crippen molar-refractivity contribution in [2.24, 2.45) is 5.73 Å². The Morgan fingerprint density at radius 3 is 2.29 bits per heavy atom. The summed E-state index contributed by atoms with van der Waals surface area (Å²) >= 11 is 0. The number of amides is 1. The van der Waals surface area contributed by atoms with Crippen LogP contribution in [0.4, 0.5) is 0 Å². The van der Waals surface area contributed by atoms with Gasteiger partial charge in [0.1, 0.15) is 11.5 Å². The first-order valence-corrected chi connectivity index (χ1v) is 7.83. The van der Waals surface area contributed by atoms with Gasteiger partial charge in [-0.15, -0.1) is 0 Å². The summed E-state index contributed by atoms with van der Waals surface area (Å²) in [5, 5.41) is 0. The molecule has 0 unspecified atom stereocenters. The van der Waals surface area contributed by atoms with Crippen LogP contribution in [0.15, 0.2) is 4.42 Å². The smallest absolute Gasteiger partial charge is 0.257 e. The predicted octanol–water partition coefficient (Wildman–Crippen LogP) is 1.70. The lowest BCUT2D eigenvalue weighted by Crippen LogP contribution is -2.49. The van der Waals surface area contributed by atoms with Gasteiger partial charge in [0.15, 0.2) is 0 Å². The van der Waals surface area contributed by atoms with Gasteiger partial charge in [-0.1, -0.05) is 0 Å². The molecule has 1 amide bonds. The quantitative estimate of drug-likeness (QED) is 0.839. The van der Waals surface area contributed by atoms with E-state index in [1.807, 2.05) is 25.7 Å². The molecule has 0 saturated carbocycles. The first-order valence-electron chi connectivity index (χ1n) is 7.83. The fraction of sp³-hybridized carbons (Fsp3) is 0.688. The third kappa shape index (κ3) is 3.66. The molecule has 1 aromatic heterocycles. The van der Waals surface area contributed by atoms with Crippen LogP contribution in [0, 0.1) is 20.8 Å². The summed E-state index contributed by atoms with van der Waals surface area (Å²) in [7, 11) is 0. The van der Waals surface area contributed by atoms with Crippen molar-refractivity contribution in [1.29, 1.82) is 0 Å². The van der Waals surface area contributed by atoms with Gasteiger partial charge in [-0.25, -0.2) is 0 Å². The van der Waals surface area contributed by atoms with E-state index in [1.54, 1.807) is 0 Å². The fourth-order valence-corrected chi connectivity index (χ4v) is 2.92. The number of hydrogen-bond acceptors (Lipinski definition) is 4. The van der Waals surface area contributed by atoms with E-state index in [2.05, 4.69) is 4.90 Å². The van der Waals surface area contributed by atoms with Crippen molar-refractivity contribution in [3.63, 3.8) is 0 Å². The Hall–Kier alpha value is -1.33. The molecule has 1 aromatic rings. The van der Waals surface area contributed by atoms with Crippen LogP contribution in [0.5, 0.6) is 0 Å². The zero-order valence-corrected chi connectivity index (χ0v) is 13.4. The summed E-state index contributed by atoms with van der Waals surface area (Å²) in [5.74, 6) is 1.69. The van der Waals surface area contributed by atoms with Gasteiger partial charge in [-0.05, 0) is 46.7 Å². The Kier molecular flexibility index (Phi) is 5.42. The molecule has 1 fully saturated rings. The number of nitrogens with zero attached hydrogens (tertiary/aromatic N) is 2. The number of rotatable bonds is 5. The molecule has 2 heterocycles. The molecule has 21 heavy (non-hydrogen) atoms. The third-order valence-corrected chi connectivity index (χ3v) is 4.36. The third-order valence-electron chi connectivity index (χ3n) is 4.36. The Labute approximate surface area is 127 Å². The first-order chi connectivity index (χ1) is 10.0. The summed E-state index contributed by atoms with van der Waals surface area (Å²) in [5.41, 5.74) is 7.25. The predicted molar refractivity (Wildman–Crippen MR) is 83.6 cm³/mol. The normalized spacial score (nSPS) is 16.5. The highest BCUT2D eigenvalue weighted by molar-refractivity contribution is 5.97. The van der Waals surface area contributed by atoms with Crippen LogP contribution in [0.2, 0.25) is 0 Å². The monoisotopic (exact) mass is 293 g/mol. The minimum Gasteiger partial charge on any atom is -0.466 e. The summed E-state index contributed by atoms with van der Waals surface area (Å²) in [4.78, 5) is 17.0. The maximum atomic E-state index is 12.7. The molecule has 0 spiro atoms. The Morgan fingerprint density at radius 1 is 1.10 bits per heavy atom. The molecule has 118 valence electrons. The summed E-state index contributed by atoms with van der Waals surface area (Å²) in [6.07, 6.45) is 2.22. The van der Waals surface area contributed by atoms with Gasteiger partial charge in [0.2, 0.25) is 0 Å². The van der Waals surface area contributed by atoms with Crippen LogP contribution < -0.4 is 5.73 Å². The maximum absolute atomic E-state index is 12.7. The Morgan fingerprint density at radius 2 is 1.76 bits per heavy atom. The first kappa shape index (κ1) is 16.0. The average molecular weight is 293 g/mol. The van der Waals surface area contributed by atoms with Gasteiger partial charge < -0.3 is 15.1 Å². The minimum atomic E-state index is 0.114. The number of unbranched alkanes of at least 4 members (excludes halogenated alkanes) is 1. The summed E-state index contributed by atoms with van der Waals surface area (Å²) in [6, 6.07) is 0. The second-order valence-corrected chi connectivity index (χ2v) is 5.84. The van der Waals surface area contributed by atoms with Crippen molar-refractivity contribution in [3.05, 3.63) is 22.6 Å². The SMILES string of the molecule is Cc1oc(C)c(C(=O)N2CCN(CCCCN)CC2)c1C. The van der Waals surface area contributed by atoms with Gasteiger partial charge in [-0.2, -0.15) is 0 Å². The lowest BCUT2D eigenvalue weighted by Gasteiger charge is -2.34. The number of hydrogen-bond donors (Lipinski definition) is 1. The van der Waals surface area contributed by atoms with Crippen molar-refractivity contribution in [3.8, 4) is 0 Å². The molecule has 1 aliphatic rings. The Balaban J connectivity index is 1.91. The minimum absolute atomic E-state index is 0.114. The highest BCUT2D eigenvalue weighted by Crippen LogP contribution is 2.22. The second kappa shape index (κ2) is 7.09. The molecule has 0 atom stereocenters. The van der Waals surface area contributed by atoms with E-state index in [0.29, 0.717) is 0 Å². The molecular weight excluding hydrogens is 266 g/mol. The topological polar surface area (TPSA) is 62.7 Å². The van der Waals surface area contributed by atoms with E-state index in [4.69, 9.17) is 10.2 Å². The zero-order valence-electron chi connectivity index (χ0n) is 13.4. The lowest BCUT2D eigenvalue weighted by molar-refractivity contribution is 0.0633. The standard InChI is InChI=1S/C16H27N3O2/c1-12-13(2)21-14(3)15(12)16(20)19-10-8-18(9-11-19)7-5-4-6-17/h4-11,17H2,1-3H3. The van der Waals surface area contributed by atoms with Gasteiger partial charge in [0.25, 0.3) is 5.91 Å². The van der Waals surface area contributed by atoms with E-state index >= 15 is 0 Å². The number of carbonyl (C=O) groups excluding carboxylic acids is 1. The molecule has 0 aliphatic carbocycles. The molecule has 1 aliphatic heterocycles. The number of aryl methyl sites for hydroxylation is 2. The second-order valence-electron chi connectivity index (χ2n) is 5.84. The van der Waals surface area contributed by atoms with Crippen LogP contribution in [-0.2, 0) is 0 Å². The van der Waals surface area contributed by atoms with Crippen LogP contribution in [0.25, 0.3) is 0 Å². The molecule has 5 heteroatoms. The van der Waals surface area contributed by atoms with Gasteiger partial charge in [0, 0.05) is 31.7 Å². The fourth-order valence-electron chi connectivity index (χ4n) is 2.92. The lowest BCUT2D eigenvalue weighted by atomic mass is 10.1. The highest BCUT2D eigenvalue weighted by Gasteiger charge is 2.26. The zero-order chi connectivity index (χ0) is 15.4. The number of nitrogens with two attached hydrogens (primary N) is 1. The van der Waals surface area contributed by atoms with Crippen molar-refractivity contribution >= 4 is 5.91 Å². The molecule has 1 saturated heterocycles. The van der Waals surface area contributed by atoms with Gasteiger partial charge >= 0.3 is 0 Å². The van der Waals surface area contributed by atoms with Crippen LogP contribution in [-0.4, -0.2) is 55.0 Å². The van der Waals surface area contributed by atoms with Gasteiger partial charge in [-0.3, -0.25) is 9.69 Å². The molecule has 5 nitrogen and oxygen atoms in total. The molecule has 2 rings (SSSR count). The van der Waals surface area contributed by atoms with Crippen molar-refractivity contribution in [1.82, 2.24) is 9.80 Å². The highest BCUT2D eigenvalue weighted by atomic mass is 16.3. The molecule has 0 radical (unpaired) electrons. The van der Waals surface area contributed by atoms with Crippen LogP contribution in [0.1, 0.15) is 40.3 Å². The van der Waals surface area contributed by atoms with Crippen LogP contribution in [0.3, 0.4) is 0 Å². The van der Waals surface area contributed by atoms with E-state index in [1.165, 1.54) is 0 Å². The van der Waals surface area contributed by atoms with Crippen molar-refractivity contribution in [2.45, 2.75) is 33.6 Å². The van der Waals surface area contributed by atoms with E-state index in [-0.39, 0.29) is 5.91 Å². The molecule has 2 N–H and O–H groups in total. The molecule has 0 aromatic carbocycles. The number of carbonyl (C=O) groups is 1. The van der Waals surface area contributed by atoms with Crippen LogP contribution >= 0.6 is 0 Å². The molecular formula is C16H27N3O2. The largest absolute Gasteiger partial charge is 0.466 e. The Bertz CT molecular complexity index is 488. The van der Waals surface area contributed by atoms with E-state index in [9.17, 15) is 4.79 Å².